The van der Waals surface area contributed by atoms with Crippen LogP contribution >= 0.6 is 0 Å². The highest BCUT2D eigenvalue weighted by molar-refractivity contribution is 5.89. The first-order valence-corrected chi connectivity index (χ1v) is 7.32. The number of nitrogens with one attached hydrogen (secondary N) is 1. The third-order valence-electron chi connectivity index (χ3n) is 3.67. The van der Waals surface area contributed by atoms with Gasteiger partial charge in [0.25, 0.3) is 0 Å². The minimum Gasteiger partial charge on any atom is -0.392 e. The molecule has 1 aromatic rings. The number of rotatable bonds is 4. The van der Waals surface area contributed by atoms with Crippen molar-refractivity contribution in [1.82, 2.24) is 9.88 Å². The first-order valence-electron chi connectivity index (χ1n) is 7.32. The second-order valence-corrected chi connectivity index (χ2v) is 5.46. The Morgan fingerprint density at radius 3 is 2.65 bits per heavy atom. The molecular weight excluding hydrogens is 254 g/mol. The summed E-state index contributed by atoms with van der Waals surface area (Å²) in [4.78, 5) is 18.1. The summed E-state index contributed by atoms with van der Waals surface area (Å²) in [5.74, 6) is 0. The molecule has 1 aromatic heterocycles. The van der Waals surface area contributed by atoms with Gasteiger partial charge in [-0.15, -0.1) is 0 Å². The Balaban J connectivity index is 2.03. The van der Waals surface area contributed by atoms with Crippen LogP contribution in [0.2, 0.25) is 0 Å². The number of hydrogen-bond acceptors (Lipinski definition) is 3. The van der Waals surface area contributed by atoms with Crippen LogP contribution in [0, 0.1) is 0 Å². The number of carbonyl (C=O) groups excluding carboxylic acids is 1. The molecule has 0 spiro atoms. The number of hydrogen-bond donors (Lipinski definition) is 2. The van der Waals surface area contributed by atoms with Crippen LogP contribution in [0.4, 0.5) is 10.5 Å². The van der Waals surface area contributed by atoms with E-state index in [0.717, 1.165) is 31.4 Å². The molecule has 1 atom stereocenters. The average Bonchev–Trinajstić information content (AvgIpc) is 2.46. The zero-order valence-electron chi connectivity index (χ0n) is 12.0. The van der Waals surface area contributed by atoms with E-state index in [9.17, 15) is 9.90 Å². The van der Waals surface area contributed by atoms with Crippen LogP contribution in [0.25, 0.3) is 0 Å². The Hall–Kier alpha value is -1.62. The summed E-state index contributed by atoms with van der Waals surface area (Å²) < 4.78 is 0. The van der Waals surface area contributed by atoms with Crippen LogP contribution in [0.5, 0.6) is 0 Å². The zero-order chi connectivity index (χ0) is 14.4. The molecule has 5 heteroatoms. The first kappa shape index (κ1) is 14.8. The van der Waals surface area contributed by atoms with Gasteiger partial charge in [0.05, 0.1) is 6.10 Å². The molecule has 0 bridgehead atoms. The van der Waals surface area contributed by atoms with E-state index in [4.69, 9.17) is 0 Å². The summed E-state index contributed by atoms with van der Waals surface area (Å²) in [7, 11) is 0. The monoisotopic (exact) mass is 277 g/mol. The third-order valence-corrected chi connectivity index (χ3v) is 3.67. The number of pyridine rings is 1. The van der Waals surface area contributed by atoms with Gasteiger partial charge in [0.1, 0.15) is 0 Å². The van der Waals surface area contributed by atoms with E-state index in [1.54, 1.807) is 36.4 Å². The van der Waals surface area contributed by atoms with Crippen molar-refractivity contribution in [2.24, 2.45) is 0 Å². The molecule has 1 aliphatic carbocycles. The van der Waals surface area contributed by atoms with E-state index in [2.05, 4.69) is 10.3 Å². The molecule has 1 aliphatic rings. The summed E-state index contributed by atoms with van der Waals surface area (Å²) in [5, 5.41) is 12.5. The maximum absolute atomic E-state index is 12.4. The minimum atomic E-state index is -0.514. The molecule has 1 fully saturated rings. The largest absolute Gasteiger partial charge is 0.392 e. The van der Waals surface area contributed by atoms with Crippen LogP contribution < -0.4 is 5.32 Å². The van der Waals surface area contributed by atoms with E-state index >= 15 is 0 Å². The van der Waals surface area contributed by atoms with Crippen molar-refractivity contribution in [3.8, 4) is 0 Å². The molecule has 110 valence electrons. The number of aliphatic hydroxyl groups is 1. The molecule has 1 unspecified atom stereocenters. The molecular formula is C15H23N3O2. The summed E-state index contributed by atoms with van der Waals surface area (Å²) >= 11 is 0. The van der Waals surface area contributed by atoms with Crippen LogP contribution in [0.1, 0.15) is 39.0 Å². The van der Waals surface area contributed by atoms with Gasteiger partial charge in [-0.05, 0) is 31.9 Å². The third kappa shape index (κ3) is 4.20. The predicted molar refractivity (Wildman–Crippen MR) is 78.5 cm³/mol. The summed E-state index contributed by atoms with van der Waals surface area (Å²) in [6, 6.07) is 3.63. The molecule has 0 aliphatic heterocycles. The van der Waals surface area contributed by atoms with Crippen LogP contribution in [-0.4, -0.2) is 39.7 Å². The van der Waals surface area contributed by atoms with Gasteiger partial charge in [-0.25, -0.2) is 4.79 Å². The lowest BCUT2D eigenvalue weighted by Crippen LogP contribution is -2.47. The quantitative estimate of drug-likeness (QED) is 0.889. The van der Waals surface area contributed by atoms with Crippen molar-refractivity contribution in [3.63, 3.8) is 0 Å². The fraction of sp³-hybridized carbons (Fsp3) is 0.600. The van der Waals surface area contributed by atoms with Gasteiger partial charge in [-0.1, -0.05) is 19.3 Å². The Bertz CT molecular complexity index is 416. The van der Waals surface area contributed by atoms with Crippen molar-refractivity contribution in [3.05, 3.63) is 24.5 Å². The Morgan fingerprint density at radius 1 is 1.40 bits per heavy atom. The van der Waals surface area contributed by atoms with Crippen LogP contribution in [-0.2, 0) is 0 Å². The minimum absolute atomic E-state index is 0.135. The smallest absolute Gasteiger partial charge is 0.322 e. The molecule has 0 aromatic carbocycles. The molecule has 20 heavy (non-hydrogen) atoms. The van der Waals surface area contributed by atoms with Gasteiger partial charge in [0.15, 0.2) is 0 Å². The number of nitrogens with zero attached hydrogens (tertiary/aromatic N) is 2. The van der Waals surface area contributed by atoms with Crippen molar-refractivity contribution in [1.29, 1.82) is 0 Å². The standard InChI is InChI=1S/C15H23N3O2/c1-12(19)11-18(14-5-3-2-4-6-14)15(20)17-13-7-9-16-10-8-13/h7-10,12,14,19H,2-6,11H2,1H3,(H,16,17,20). The second kappa shape index (κ2) is 7.24. The number of carbonyl (C=O) groups is 1. The van der Waals surface area contributed by atoms with Gasteiger partial charge in [-0.3, -0.25) is 4.98 Å². The van der Waals surface area contributed by atoms with Crippen molar-refractivity contribution in [2.45, 2.75) is 51.2 Å². The van der Waals surface area contributed by atoms with Gasteiger partial charge in [-0.2, -0.15) is 0 Å². The maximum Gasteiger partial charge on any atom is 0.322 e. The Kier molecular flexibility index (Phi) is 5.35. The van der Waals surface area contributed by atoms with E-state index in [1.807, 2.05) is 0 Å². The topological polar surface area (TPSA) is 65.5 Å². The zero-order valence-corrected chi connectivity index (χ0v) is 12.0. The van der Waals surface area contributed by atoms with Gasteiger partial charge in [0, 0.05) is 30.7 Å². The maximum atomic E-state index is 12.4. The van der Waals surface area contributed by atoms with Crippen LogP contribution in [0.15, 0.2) is 24.5 Å². The van der Waals surface area contributed by atoms with E-state index in [0.29, 0.717) is 6.54 Å². The molecule has 2 N–H and O–H groups in total. The molecule has 5 nitrogen and oxygen atoms in total. The fourth-order valence-corrected chi connectivity index (χ4v) is 2.71. The number of amides is 2. The summed E-state index contributed by atoms with van der Waals surface area (Å²) in [6.45, 7) is 2.09. The lowest BCUT2D eigenvalue weighted by molar-refractivity contribution is 0.105. The normalized spacial score (nSPS) is 17.5. The van der Waals surface area contributed by atoms with Gasteiger partial charge < -0.3 is 15.3 Å². The molecule has 1 saturated carbocycles. The molecule has 2 amide bonds. The van der Waals surface area contributed by atoms with Crippen molar-refractivity contribution in [2.75, 3.05) is 11.9 Å². The number of aliphatic hydroxyl groups excluding tert-OH is 1. The average molecular weight is 277 g/mol. The first-order chi connectivity index (χ1) is 9.66. The Morgan fingerprint density at radius 2 is 2.05 bits per heavy atom. The highest BCUT2D eigenvalue weighted by atomic mass is 16.3. The number of anilines is 1. The molecule has 1 heterocycles. The number of urea groups is 1. The van der Waals surface area contributed by atoms with Crippen molar-refractivity contribution >= 4 is 11.7 Å². The van der Waals surface area contributed by atoms with E-state index < -0.39 is 6.10 Å². The van der Waals surface area contributed by atoms with E-state index in [-0.39, 0.29) is 12.1 Å². The highest BCUT2D eigenvalue weighted by Gasteiger charge is 2.26. The second-order valence-electron chi connectivity index (χ2n) is 5.46. The van der Waals surface area contributed by atoms with Gasteiger partial charge >= 0.3 is 6.03 Å². The number of aromatic nitrogens is 1. The predicted octanol–water partition coefficient (Wildman–Crippen LogP) is 2.63. The summed E-state index contributed by atoms with van der Waals surface area (Å²) in [5.41, 5.74) is 0.733. The Labute approximate surface area is 120 Å². The fourth-order valence-electron chi connectivity index (χ4n) is 2.71. The van der Waals surface area contributed by atoms with Gasteiger partial charge in [0.2, 0.25) is 0 Å². The summed E-state index contributed by atoms with van der Waals surface area (Å²) in [6.07, 6.45) is 8.38. The van der Waals surface area contributed by atoms with Crippen LogP contribution in [0.3, 0.4) is 0 Å². The molecule has 0 radical (unpaired) electrons. The lowest BCUT2D eigenvalue weighted by atomic mass is 9.94. The molecule has 0 saturated heterocycles. The highest BCUT2D eigenvalue weighted by Crippen LogP contribution is 2.23. The SMILES string of the molecule is CC(O)CN(C(=O)Nc1ccncc1)C1CCCCC1. The lowest BCUT2D eigenvalue weighted by Gasteiger charge is -2.35. The van der Waals surface area contributed by atoms with E-state index in [1.165, 1.54) is 6.42 Å². The molecule has 2 rings (SSSR count). The van der Waals surface area contributed by atoms with Crippen molar-refractivity contribution < 1.29 is 9.90 Å².